The lowest BCUT2D eigenvalue weighted by molar-refractivity contribution is 0.0490. The standard InChI is InChI=1S/C13H26N2/c1-3-13(7-4-8-13)11-15-9-5-12(14-2)6-10-15/h12,14H,3-11H2,1-2H3. The molecule has 0 aromatic carbocycles. The van der Waals surface area contributed by atoms with Crippen LogP contribution in [0.5, 0.6) is 0 Å². The van der Waals surface area contributed by atoms with E-state index in [1.165, 1.54) is 58.2 Å². The minimum Gasteiger partial charge on any atom is -0.317 e. The van der Waals surface area contributed by atoms with Crippen LogP contribution in [0.25, 0.3) is 0 Å². The average Bonchev–Trinajstić information content (AvgIpc) is 2.24. The summed E-state index contributed by atoms with van der Waals surface area (Å²) in [6, 6.07) is 0.778. The van der Waals surface area contributed by atoms with Crippen molar-refractivity contribution in [2.45, 2.75) is 51.5 Å². The van der Waals surface area contributed by atoms with Crippen LogP contribution in [0.3, 0.4) is 0 Å². The Balaban J connectivity index is 1.76. The second-order valence-electron chi connectivity index (χ2n) is 5.55. The summed E-state index contributed by atoms with van der Waals surface area (Å²) in [6.45, 7) is 6.37. The van der Waals surface area contributed by atoms with E-state index in [4.69, 9.17) is 0 Å². The molecule has 88 valence electrons. The number of piperidine rings is 1. The van der Waals surface area contributed by atoms with E-state index >= 15 is 0 Å². The van der Waals surface area contributed by atoms with Gasteiger partial charge in [0.1, 0.15) is 0 Å². The summed E-state index contributed by atoms with van der Waals surface area (Å²) >= 11 is 0. The molecule has 1 N–H and O–H groups in total. The van der Waals surface area contributed by atoms with E-state index in [1.807, 2.05) is 0 Å². The SMILES string of the molecule is CCC1(CN2CCC(NC)CC2)CCC1. The molecule has 0 bridgehead atoms. The van der Waals surface area contributed by atoms with Crippen molar-refractivity contribution in [3.05, 3.63) is 0 Å². The first-order valence-electron chi connectivity index (χ1n) is 6.68. The maximum absolute atomic E-state index is 3.40. The van der Waals surface area contributed by atoms with E-state index in [1.54, 1.807) is 0 Å². The Labute approximate surface area is 94.4 Å². The van der Waals surface area contributed by atoms with Crippen molar-refractivity contribution in [2.75, 3.05) is 26.7 Å². The van der Waals surface area contributed by atoms with E-state index in [0.29, 0.717) is 5.41 Å². The van der Waals surface area contributed by atoms with Crippen molar-refractivity contribution in [2.24, 2.45) is 5.41 Å². The van der Waals surface area contributed by atoms with Gasteiger partial charge in [0.25, 0.3) is 0 Å². The summed E-state index contributed by atoms with van der Waals surface area (Å²) < 4.78 is 0. The molecule has 2 nitrogen and oxygen atoms in total. The largest absolute Gasteiger partial charge is 0.317 e. The maximum atomic E-state index is 3.40. The summed E-state index contributed by atoms with van der Waals surface area (Å²) in [6.07, 6.45) is 8.51. The van der Waals surface area contributed by atoms with Gasteiger partial charge in [0.05, 0.1) is 0 Å². The van der Waals surface area contributed by atoms with Gasteiger partial charge in [0, 0.05) is 12.6 Å². The van der Waals surface area contributed by atoms with Crippen molar-refractivity contribution in [1.29, 1.82) is 0 Å². The Morgan fingerprint density at radius 2 is 1.93 bits per heavy atom. The third kappa shape index (κ3) is 2.54. The quantitative estimate of drug-likeness (QED) is 0.765. The predicted molar refractivity (Wildman–Crippen MR) is 65.1 cm³/mol. The molecular formula is C13H26N2. The highest BCUT2D eigenvalue weighted by atomic mass is 15.1. The number of likely N-dealkylation sites (tertiary alicyclic amines) is 1. The van der Waals surface area contributed by atoms with Crippen LogP contribution in [0.2, 0.25) is 0 Å². The molecule has 0 atom stereocenters. The van der Waals surface area contributed by atoms with Crippen LogP contribution < -0.4 is 5.32 Å². The smallest absolute Gasteiger partial charge is 0.00884 e. The molecule has 1 aliphatic carbocycles. The van der Waals surface area contributed by atoms with Crippen LogP contribution >= 0.6 is 0 Å². The Morgan fingerprint density at radius 1 is 1.27 bits per heavy atom. The first kappa shape index (κ1) is 11.4. The molecule has 1 aliphatic heterocycles. The van der Waals surface area contributed by atoms with Gasteiger partial charge in [-0.3, -0.25) is 0 Å². The highest BCUT2D eigenvalue weighted by Gasteiger charge is 2.37. The van der Waals surface area contributed by atoms with Crippen LogP contribution in [-0.2, 0) is 0 Å². The highest BCUT2D eigenvalue weighted by molar-refractivity contribution is 4.90. The second kappa shape index (κ2) is 4.84. The molecule has 1 heterocycles. The van der Waals surface area contributed by atoms with Gasteiger partial charge in [0.15, 0.2) is 0 Å². The Bertz CT molecular complexity index is 185. The number of nitrogens with one attached hydrogen (secondary N) is 1. The zero-order valence-electron chi connectivity index (χ0n) is 10.4. The molecule has 0 aromatic heterocycles. The minimum atomic E-state index is 0.715. The van der Waals surface area contributed by atoms with E-state index in [2.05, 4.69) is 24.2 Å². The molecule has 0 unspecified atom stereocenters. The van der Waals surface area contributed by atoms with Crippen LogP contribution in [0.1, 0.15) is 45.4 Å². The van der Waals surface area contributed by atoms with Crippen molar-refractivity contribution in [1.82, 2.24) is 10.2 Å². The van der Waals surface area contributed by atoms with Gasteiger partial charge in [0.2, 0.25) is 0 Å². The molecule has 1 saturated carbocycles. The number of rotatable bonds is 4. The molecular weight excluding hydrogens is 184 g/mol. The number of nitrogens with zero attached hydrogens (tertiary/aromatic N) is 1. The lowest BCUT2D eigenvalue weighted by Gasteiger charge is -2.46. The van der Waals surface area contributed by atoms with Crippen LogP contribution in [0.4, 0.5) is 0 Å². The van der Waals surface area contributed by atoms with Gasteiger partial charge in [-0.2, -0.15) is 0 Å². The van der Waals surface area contributed by atoms with Gasteiger partial charge in [-0.1, -0.05) is 13.3 Å². The molecule has 15 heavy (non-hydrogen) atoms. The van der Waals surface area contributed by atoms with Gasteiger partial charge >= 0.3 is 0 Å². The Kier molecular flexibility index (Phi) is 3.68. The Hall–Kier alpha value is -0.0800. The molecule has 2 fully saturated rings. The van der Waals surface area contributed by atoms with Crippen molar-refractivity contribution >= 4 is 0 Å². The topological polar surface area (TPSA) is 15.3 Å². The molecule has 0 radical (unpaired) electrons. The predicted octanol–water partition coefficient (Wildman–Crippen LogP) is 2.25. The van der Waals surface area contributed by atoms with Crippen molar-refractivity contribution in [3.63, 3.8) is 0 Å². The first-order chi connectivity index (χ1) is 7.28. The van der Waals surface area contributed by atoms with E-state index < -0.39 is 0 Å². The number of hydrogen-bond donors (Lipinski definition) is 1. The van der Waals surface area contributed by atoms with Crippen molar-refractivity contribution < 1.29 is 0 Å². The van der Waals surface area contributed by atoms with Crippen LogP contribution in [0.15, 0.2) is 0 Å². The molecule has 2 aliphatic rings. The van der Waals surface area contributed by atoms with Gasteiger partial charge in [-0.25, -0.2) is 0 Å². The average molecular weight is 210 g/mol. The van der Waals surface area contributed by atoms with Gasteiger partial charge in [-0.05, 0) is 57.7 Å². The summed E-state index contributed by atoms with van der Waals surface area (Å²) in [4.78, 5) is 2.70. The molecule has 1 saturated heterocycles. The summed E-state index contributed by atoms with van der Waals surface area (Å²) in [7, 11) is 2.10. The van der Waals surface area contributed by atoms with Crippen LogP contribution in [0, 0.1) is 5.41 Å². The zero-order chi connectivity index (χ0) is 10.7. The van der Waals surface area contributed by atoms with Gasteiger partial charge < -0.3 is 10.2 Å². The number of hydrogen-bond acceptors (Lipinski definition) is 2. The molecule has 0 amide bonds. The maximum Gasteiger partial charge on any atom is 0.00884 e. The molecule has 0 aromatic rings. The molecule has 2 heteroatoms. The van der Waals surface area contributed by atoms with Crippen LogP contribution in [-0.4, -0.2) is 37.6 Å². The molecule has 2 rings (SSSR count). The lowest BCUT2D eigenvalue weighted by Crippen LogP contribution is -2.47. The summed E-state index contributed by atoms with van der Waals surface area (Å²) in [5.74, 6) is 0. The fourth-order valence-electron chi connectivity index (χ4n) is 3.15. The Morgan fingerprint density at radius 3 is 2.33 bits per heavy atom. The first-order valence-corrected chi connectivity index (χ1v) is 6.68. The molecule has 0 spiro atoms. The fourth-order valence-corrected chi connectivity index (χ4v) is 3.15. The van der Waals surface area contributed by atoms with E-state index in [9.17, 15) is 0 Å². The van der Waals surface area contributed by atoms with E-state index in [-0.39, 0.29) is 0 Å². The zero-order valence-corrected chi connectivity index (χ0v) is 10.4. The third-order valence-electron chi connectivity index (χ3n) is 4.72. The lowest BCUT2D eigenvalue weighted by atomic mass is 9.66. The summed E-state index contributed by atoms with van der Waals surface area (Å²) in [5.41, 5.74) is 0.715. The van der Waals surface area contributed by atoms with Gasteiger partial charge in [-0.15, -0.1) is 0 Å². The monoisotopic (exact) mass is 210 g/mol. The summed E-state index contributed by atoms with van der Waals surface area (Å²) in [5, 5.41) is 3.40. The third-order valence-corrected chi connectivity index (χ3v) is 4.72. The second-order valence-corrected chi connectivity index (χ2v) is 5.55. The van der Waals surface area contributed by atoms with Crippen molar-refractivity contribution in [3.8, 4) is 0 Å². The normalized spacial score (nSPS) is 27.6. The van der Waals surface area contributed by atoms with E-state index in [0.717, 1.165) is 6.04 Å². The highest BCUT2D eigenvalue weighted by Crippen LogP contribution is 2.44. The fraction of sp³-hybridized carbons (Fsp3) is 1.00. The minimum absolute atomic E-state index is 0.715.